The number of carbonyl (C=O) groups excluding carboxylic acids is 1. The molecule has 4 heteroatoms. The van der Waals surface area contributed by atoms with Gasteiger partial charge >= 0.3 is 6.09 Å². The van der Waals surface area contributed by atoms with Crippen molar-refractivity contribution < 1.29 is 9.53 Å². The first kappa shape index (κ1) is 13.2. The Bertz CT molecular complexity index is 380. The number of nitriles is 1. The van der Waals surface area contributed by atoms with Gasteiger partial charge in [-0.25, -0.2) is 4.79 Å². The maximum atomic E-state index is 12.1. The van der Waals surface area contributed by atoms with Gasteiger partial charge in [-0.1, -0.05) is 6.42 Å². The van der Waals surface area contributed by atoms with Crippen LogP contribution in [0.3, 0.4) is 0 Å². The van der Waals surface area contributed by atoms with Crippen LogP contribution in [-0.2, 0) is 4.74 Å². The van der Waals surface area contributed by atoms with Crippen molar-refractivity contribution in [1.82, 2.24) is 4.90 Å². The van der Waals surface area contributed by atoms with E-state index in [-0.39, 0.29) is 17.4 Å². The molecule has 0 aromatic rings. The lowest BCUT2D eigenvalue weighted by atomic mass is 9.98. The van der Waals surface area contributed by atoms with Crippen LogP contribution in [0.25, 0.3) is 0 Å². The molecule has 0 aromatic heterocycles. The Morgan fingerprint density at radius 3 is 2.72 bits per heavy atom. The van der Waals surface area contributed by atoms with Crippen molar-refractivity contribution in [3.8, 4) is 6.07 Å². The highest BCUT2D eigenvalue weighted by Crippen LogP contribution is 2.57. The van der Waals surface area contributed by atoms with Crippen LogP contribution in [0.4, 0.5) is 4.79 Å². The SMILES string of the molecule is CC(C)(C)OC(=O)N1CCCCC2(CC2C#N)C1. The molecule has 2 rings (SSSR count). The Morgan fingerprint density at radius 1 is 1.44 bits per heavy atom. The first-order chi connectivity index (χ1) is 8.36. The Morgan fingerprint density at radius 2 is 2.17 bits per heavy atom. The summed E-state index contributed by atoms with van der Waals surface area (Å²) in [4.78, 5) is 13.9. The van der Waals surface area contributed by atoms with E-state index in [0.29, 0.717) is 6.54 Å². The lowest BCUT2D eigenvalue weighted by Crippen LogP contribution is -2.39. The number of hydrogen-bond acceptors (Lipinski definition) is 3. The highest BCUT2D eigenvalue weighted by Gasteiger charge is 2.56. The van der Waals surface area contributed by atoms with Gasteiger partial charge in [-0.3, -0.25) is 0 Å². The van der Waals surface area contributed by atoms with E-state index in [0.717, 1.165) is 32.2 Å². The third-order valence-electron chi connectivity index (χ3n) is 3.86. The summed E-state index contributed by atoms with van der Waals surface area (Å²) in [6, 6.07) is 2.36. The molecular formula is C14H22N2O2. The molecule has 1 saturated carbocycles. The van der Waals surface area contributed by atoms with E-state index in [9.17, 15) is 4.79 Å². The first-order valence-electron chi connectivity index (χ1n) is 6.74. The van der Waals surface area contributed by atoms with Gasteiger partial charge in [0.1, 0.15) is 5.60 Å². The summed E-state index contributed by atoms with van der Waals surface area (Å²) in [5.74, 6) is 0.139. The van der Waals surface area contributed by atoms with Crippen LogP contribution in [0.15, 0.2) is 0 Å². The second-order valence-electron chi connectivity index (χ2n) is 6.61. The maximum absolute atomic E-state index is 12.1. The molecule has 1 heterocycles. The smallest absolute Gasteiger partial charge is 0.410 e. The average Bonchev–Trinajstić information content (AvgIpc) is 2.98. The van der Waals surface area contributed by atoms with Gasteiger partial charge in [0.25, 0.3) is 0 Å². The number of rotatable bonds is 0. The third-order valence-corrected chi connectivity index (χ3v) is 3.86. The minimum absolute atomic E-state index is 0.0716. The van der Waals surface area contributed by atoms with E-state index in [2.05, 4.69) is 6.07 Å². The largest absolute Gasteiger partial charge is 0.444 e. The zero-order valence-electron chi connectivity index (χ0n) is 11.5. The van der Waals surface area contributed by atoms with Gasteiger partial charge in [0.15, 0.2) is 0 Å². The van der Waals surface area contributed by atoms with Gasteiger partial charge in [0.05, 0.1) is 12.0 Å². The van der Waals surface area contributed by atoms with Gasteiger partial charge < -0.3 is 9.64 Å². The fraction of sp³-hybridized carbons (Fsp3) is 0.857. The minimum Gasteiger partial charge on any atom is -0.444 e. The molecule has 2 fully saturated rings. The highest BCUT2D eigenvalue weighted by molar-refractivity contribution is 5.68. The van der Waals surface area contributed by atoms with Crippen LogP contribution in [0.1, 0.15) is 46.5 Å². The van der Waals surface area contributed by atoms with Crippen molar-refractivity contribution in [2.75, 3.05) is 13.1 Å². The molecule has 1 aliphatic heterocycles. The molecule has 100 valence electrons. The second kappa shape index (κ2) is 4.46. The Hall–Kier alpha value is -1.24. The van der Waals surface area contributed by atoms with Gasteiger partial charge in [-0.2, -0.15) is 5.26 Å². The Kier molecular flexibility index (Phi) is 3.27. The molecule has 1 aliphatic carbocycles. The summed E-state index contributed by atoms with van der Waals surface area (Å²) >= 11 is 0. The average molecular weight is 250 g/mol. The lowest BCUT2D eigenvalue weighted by Gasteiger charge is -2.28. The van der Waals surface area contributed by atoms with Crippen LogP contribution < -0.4 is 0 Å². The van der Waals surface area contributed by atoms with Gasteiger partial charge in [-0.05, 0) is 40.0 Å². The topological polar surface area (TPSA) is 53.3 Å². The van der Waals surface area contributed by atoms with Gasteiger partial charge in [0.2, 0.25) is 0 Å². The second-order valence-corrected chi connectivity index (χ2v) is 6.61. The van der Waals surface area contributed by atoms with E-state index < -0.39 is 5.60 Å². The summed E-state index contributed by atoms with van der Waals surface area (Å²) in [6.07, 6.45) is 3.91. The minimum atomic E-state index is -0.450. The molecule has 0 N–H and O–H groups in total. The molecule has 0 bridgehead atoms. The van der Waals surface area contributed by atoms with E-state index in [1.54, 1.807) is 4.90 Å². The van der Waals surface area contributed by atoms with Crippen LogP contribution >= 0.6 is 0 Å². The first-order valence-corrected chi connectivity index (χ1v) is 6.74. The fourth-order valence-corrected chi connectivity index (χ4v) is 2.78. The van der Waals surface area contributed by atoms with Crippen molar-refractivity contribution in [2.45, 2.75) is 52.1 Å². The highest BCUT2D eigenvalue weighted by atomic mass is 16.6. The molecule has 2 atom stereocenters. The van der Waals surface area contributed by atoms with E-state index >= 15 is 0 Å². The van der Waals surface area contributed by atoms with Crippen molar-refractivity contribution in [3.63, 3.8) is 0 Å². The summed E-state index contributed by atoms with van der Waals surface area (Å²) in [6.45, 7) is 7.10. The molecule has 1 spiro atoms. The number of carbonyl (C=O) groups is 1. The van der Waals surface area contributed by atoms with Gasteiger partial charge in [0, 0.05) is 18.5 Å². The summed E-state index contributed by atoms with van der Waals surface area (Å²) in [5.41, 5.74) is -0.378. The molecule has 4 nitrogen and oxygen atoms in total. The van der Waals surface area contributed by atoms with E-state index in [4.69, 9.17) is 10.00 Å². The summed E-state index contributed by atoms with van der Waals surface area (Å²) in [5, 5.41) is 9.04. The standard InChI is InChI=1S/C14H22N2O2/c1-13(2,3)18-12(17)16-7-5-4-6-14(10-16)8-11(14)9-15/h11H,4-8,10H2,1-3H3. The van der Waals surface area contributed by atoms with Crippen LogP contribution in [0.2, 0.25) is 0 Å². The number of ether oxygens (including phenoxy) is 1. The zero-order chi connectivity index (χ0) is 13.4. The van der Waals surface area contributed by atoms with Crippen molar-refractivity contribution >= 4 is 6.09 Å². The summed E-state index contributed by atoms with van der Waals surface area (Å²) in [7, 11) is 0. The van der Waals surface area contributed by atoms with E-state index in [1.165, 1.54) is 0 Å². The normalized spacial score (nSPS) is 31.7. The Balaban J connectivity index is 2.01. The molecule has 2 unspecified atom stereocenters. The van der Waals surface area contributed by atoms with Crippen LogP contribution in [0.5, 0.6) is 0 Å². The van der Waals surface area contributed by atoms with Crippen molar-refractivity contribution in [3.05, 3.63) is 0 Å². The van der Waals surface area contributed by atoms with E-state index in [1.807, 2.05) is 20.8 Å². The molecular weight excluding hydrogens is 228 g/mol. The monoisotopic (exact) mass is 250 g/mol. The summed E-state index contributed by atoms with van der Waals surface area (Å²) < 4.78 is 5.43. The lowest BCUT2D eigenvalue weighted by molar-refractivity contribution is 0.0223. The molecule has 0 aromatic carbocycles. The molecule has 1 saturated heterocycles. The molecule has 2 aliphatic rings. The quantitative estimate of drug-likeness (QED) is 0.664. The molecule has 0 radical (unpaired) electrons. The van der Waals surface area contributed by atoms with Crippen LogP contribution in [0, 0.1) is 22.7 Å². The number of nitrogens with zero attached hydrogens (tertiary/aromatic N) is 2. The zero-order valence-corrected chi connectivity index (χ0v) is 11.5. The molecule has 18 heavy (non-hydrogen) atoms. The Labute approximate surface area is 109 Å². The molecule has 1 amide bonds. The van der Waals surface area contributed by atoms with Crippen molar-refractivity contribution in [1.29, 1.82) is 5.26 Å². The fourth-order valence-electron chi connectivity index (χ4n) is 2.78. The predicted molar refractivity (Wildman–Crippen MR) is 67.8 cm³/mol. The predicted octanol–water partition coefficient (Wildman–Crippen LogP) is 2.94. The third kappa shape index (κ3) is 2.77. The number of hydrogen-bond donors (Lipinski definition) is 0. The number of likely N-dealkylation sites (tertiary alicyclic amines) is 1. The van der Waals surface area contributed by atoms with Gasteiger partial charge in [-0.15, -0.1) is 0 Å². The van der Waals surface area contributed by atoms with Crippen LogP contribution in [-0.4, -0.2) is 29.7 Å². The number of amides is 1. The van der Waals surface area contributed by atoms with Crippen molar-refractivity contribution in [2.24, 2.45) is 11.3 Å². The maximum Gasteiger partial charge on any atom is 0.410 e.